The monoisotopic (exact) mass is 233 g/mol. The van der Waals surface area contributed by atoms with Crippen LogP contribution in [-0.4, -0.2) is 8.42 Å². The van der Waals surface area contributed by atoms with E-state index in [4.69, 9.17) is 15.9 Å². The molecule has 1 aromatic rings. The van der Waals surface area contributed by atoms with Crippen molar-refractivity contribution >= 4 is 19.7 Å². The number of rotatable bonds is 2. The van der Waals surface area contributed by atoms with Crippen LogP contribution in [0, 0.1) is 17.1 Å². The molecule has 14 heavy (non-hydrogen) atoms. The summed E-state index contributed by atoms with van der Waals surface area (Å²) in [6.07, 6.45) is -0.325. The topological polar surface area (TPSA) is 57.9 Å². The second-order valence-electron chi connectivity index (χ2n) is 2.49. The van der Waals surface area contributed by atoms with Crippen molar-refractivity contribution in [1.29, 1.82) is 5.26 Å². The van der Waals surface area contributed by atoms with Crippen molar-refractivity contribution in [1.82, 2.24) is 0 Å². The van der Waals surface area contributed by atoms with E-state index in [2.05, 4.69) is 0 Å². The van der Waals surface area contributed by atoms with Gasteiger partial charge in [-0.1, -0.05) is 6.07 Å². The summed E-state index contributed by atoms with van der Waals surface area (Å²) in [7, 11) is 1.07. The van der Waals surface area contributed by atoms with Crippen LogP contribution in [0.15, 0.2) is 23.1 Å². The Hall–Kier alpha value is -1.12. The largest absolute Gasteiger partial charge is 0.261 e. The van der Waals surface area contributed by atoms with Gasteiger partial charge in [0.25, 0.3) is 9.05 Å². The minimum Gasteiger partial charge on any atom is -0.207 e. The highest BCUT2D eigenvalue weighted by molar-refractivity contribution is 8.13. The lowest BCUT2D eigenvalue weighted by Crippen LogP contribution is -2.00. The van der Waals surface area contributed by atoms with Crippen molar-refractivity contribution in [2.45, 2.75) is 11.3 Å². The van der Waals surface area contributed by atoms with Crippen molar-refractivity contribution in [3.8, 4) is 6.07 Å². The third kappa shape index (κ3) is 2.22. The Kier molecular flexibility index (Phi) is 3.09. The first-order chi connectivity index (χ1) is 6.46. The van der Waals surface area contributed by atoms with E-state index in [9.17, 15) is 12.8 Å². The van der Waals surface area contributed by atoms with Crippen LogP contribution in [0.5, 0.6) is 0 Å². The maximum atomic E-state index is 13.1. The van der Waals surface area contributed by atoms with E-state index in [-0.39, 0.29) is 16.9 Å². The van der Waals surface area contributed by atoms with Crippen molar-refractivity contribution in [3.63, 3.8) is 0 Å². The van der Waals surface area contributed by atoms with Crippen LogP contribution in [0.3, 0.4) is 0 Å². The Balaban J connectivity index is 3.45. The molecule has 0 aliphatic heterocycles. The smallest absolute Gasteiger partial charge is 0.207 e. The molecule has 0 aliphatic rings. The number of hydrogen-bond donors (Lipinski definition) is 0. The lowest BCUT2D eigenvalue weighted by molar-refractivity contribution is 0.594. The van der Waals surface area contributed by atoms with Crippen LogP contribution < -0.4 is 0 Å². The van der Waals surface area contributed by atoms with Gasteiger partial charge in [0.05, 0.1) is 17.4 Å². The first-order valence-electron chi connectivity index (χ1n) is 3.56. The molecule has 0 aliphatic carbocycles. The van der Waals surface area contributed by atoms with Gasteiger partial charge in [-0.3, -0.25) is 0 Å². The van der Waals surface area contributed by atoms with Gasteiger partial charge in [0.1, 0.15) is 5.82 Å². The molecule has 0 N–H and O–H groups in total. The van der Waals surface area contributed by atoms with Gasteiger partial charge in [-0.05, 0) is 12.1 Å². The summed E-state index contributed by atoms with van der Waals surface area (Å²) in [5, 5.41) is 8.38. The highest BCUT2D eigenvalue weighted by atomic mass is 35.7. The van der Waals surface area contributed by atoms with Gasteiger partial charge < -0.3 is 0 Å². The van der Waals surface area contributed by atoms with Crippen molar-refractivity contribution in [3.05, 3.63) is 29.6 Å². The zero-order chi connectivity index (χ0) is 10.8. The molecule has 3 nitrogen and oxygen atoms in total. The van der Waals surface area contributed by atoms with E-state index < -0.39 is 14.9 Å². The fraction of sp³-hybridized carbons (Fsp3) is 0.125. The molecular formula is C8H5ClFNO2S. The van der Waals surface area contributed by atoms with E-state index >= 15 is 0 Å². The molecule has 1 aromatic carbocycles. The van der Waals surface area contributed by atoms with E-state index in [1.165, 1.54) is 6.07 Å². The molecule has 0 bridgehead atoms. The Morgan fingerprint density at radius 1 is 1.50 bits per heavy atom. The molecule has 0 aromatic heterocycles. The van der Waals surface area contributed by atoms with Crippen LogP contribution in [0.2, 0.25) is 0 Å². The van der Waals surface area contributed by atoms with E-state index in [1.807, 2.05) is 0 Å². The van der Waals surface area contributed by atoms with Gasteiger partial charge in [0.2, 0.25) is 0 Å². The zero-order valence-electron chi connectivity index (χ0n) is 6.87. The molecule has 0 saturated carbocycles. The van der Waals surface area contributed by atoms with E-state index in [1.54, 1.807) is 6.07 Å². The predicted octanol–water partition coefficient (Wildman–Crippen LogP) is 1.82. The molecular weight excluding hydrogens is 229 g/mol. The molecule has 74 valence electrons. The summed E-state index contributed by atoms with van der Waals surface area (Å²) < 4.78 is 35.0. The first-order valence-corrected chi connectivity index (χ1v) is 5.86. The van der Waals surface area contributed by atoms with E-state index in [0.29, 0.717) is 0 Å². The first kappa shape index (κ1) is 11.0. The molecule has 1 rings (SSSR count). The summed E-state index contributed by atoms with van der Waals surface area (Å²) in [5.41, 5.74) is -0.190. The van der Waals surface area contributed by atoms with Crippen molar-refractivity contribution in [2.75, 3.05) is 0 Å². The highest BCUT2D eigenvalue weighted by Gasteiger charge is 2.18. The minimum absolute atomic E-state index is 0.190. The van der Waals surface area contributed by atoms with Crippen molar-refractivity contribution in [2.24, 2.45) is 0 Å². The normalized spacial score (nSPS) is 10.9. The van der Waals surface area contributed by atoms with Gasteiger partial charge in [0.15, 0.2) is 0 Å². The van der Waals surface area contributed by atoms with Crippen molar-refractivity contribution < 1.29 is 12.8 Å². The Morgan fingerprint density at radius 3 is 2.64 bits per heavy atom. The number of halogens is 2. The highest BCUT2D eigenvalue weighted by Crippen LogP contribution is 2.22. The lowest BCUT2D eigenvalue weighted by atomic mass is 10.1. The Labute approximate surface area is 85.2 Å². The van der Waals surface area contributed by atoms with Crippen LogP contribution in [0.4, 0.5) is 4.39 Å². The van der Waals surface area contributed by atoms with Gasteiger partial charge in [0, 0.05) is 16.2 Å². The average Bonchev–Trinajstić information content (AvgIpc) is 2.07. The minimum atomic E-state index is -4.00. The van der Waals surface area contributed by atoms with Crippen LogP contribution in [0.1, 0.15) is 5.56 Å². The molecule has 0 radical (unpaired) electrons. The maximum Gasteiger partial charge on any atom is 0.261 e. The van der Waals surface area contributed by atoms with Gasteiger partial charge >= 0.3 is 0 Å². The fourth-order valence-electron chi connectivity index (χ4n) is 1.02. The maximum absolute atomic E-state index is 13.1. The standard InChI is InChI=1S/C8H5ClFNO2S/c9-14(12,13)8-3-1-2-7(10)6(8)4-5-11/h1-3H,4H2. The predicted molar refractivity (Wildman–Crippen MR) is 48.8 cm³/mol. The van der Waals surface area contributed by atoms with Gasteiger partial charge in [-0.2, -0.15) is 5.26 Å². The molecule has 0 atom stereocenters. The molecule has 0 amide bonds. The van der Waals surface area contributed by atoms with Crippen LogP contribution in [0.25, 0.3) is 0 Å². The number of benzene rings is 1. The van der Waals surface area contributed by atoms with Crippen LogP contribution >= 0.6 is 10.7 Å². The Bertz CT molecular complexity index is 493. The summed E-state index contributed by atoms with van der Waals surface area (Å²) in [4.78, 5) is -0.347. The quantitative estimate of drug-likeness (QED) is 0.732. The molecule has 0 spiro atoms. The average molecular weight is 234 g/mol. The van der Waals surface area contributed by atoms with E-state index in [0.717, 1.165) is 12.1 Å². The van der Waals surface area contributed by atoms with Gasteiger partial charge in [-0.15, -0.1) is 0 Å². The fourth-order valence-corrected chi connectivity index (χ4v) is 2.16. The Morgan fingerprint density at radius 2 is 2.14 bits per heavy atom. The summed E-state index contributed by atoms with van der Waals surface area (Å²) in [6, 6.07) is 5.15. The number of nitrogens with zero attached hydrogens (tertiary/aromatic N) is 1. The summed E-state index contributed by atoms with van der Waals surface area (Å²) >= 11 is 0. The van der Waals surface area contributed by atoms with Gasteiger partial charge in [-0.25, -0.2) is 12.8 Å². The second kappa shape index (κ2) is 3.95. The second-order valence-corrected chi connectivity index (χ2v) is 5.02. The molecule has 0 heterocycles. The number of nitriles is 1. The molecule has 0 unspecified atom stereocenters. The lowest BCUT2D eigenvalue weighted by Gasteiger charge is -2.03. The van der Waals surface area contributed by atoms with Crippen LogP contribution in [-0.2, 0) is 15.5 Å². The summed E-state index contributed by atoms with van der Waals surface area (Å²) in [6.45, 7) is 0. The molecule has 0 fully saturated rings. The molecule has 6 heteroatoms. The third-order valence-electron chi connectivity index (χ3n) is 1.59. The SMILES string of the molecule is N#CCc1c(F)cccc1S(=O)(=O)Cl. The third-order valence-corrected chi connectivity index (χ3v) is 3.00. The molecule has 0 saturated heterocycles. The zero-order valence-corrected chi connectivity index (χ0v) is 8.44. The summed E-state index contributed by atoms with van der Waals surface area (Å²) in [5.74, 6) is -0.742. The number of hydrogen-bond acceptors (Lipinski definition) is 3.